The monoisotopic (exact) mass is 369 g/mol. The fraction of sp³-hybridized carbons (Fsp3) is 0.100. The van der Waals surface area contributed by atoms with Crippen molar-refractivity contribution in [2.24, 2.45) is 0 Å². The minimum atomic E-state index is -0.487. The van der Waals surface area contributed by atoms with E-state index in [1.807, 2.05) is 37.3 Å². The second kappa shape index (κ2) is 7.97. The van der Waals surface area contributed by atoms with Gasteiger partial charge >= 0.3 is 0 Å². The highest BCUT2D eigenvalue weighted by molar-refractivity contribution is 6.31. The fourth-order valence-electron chi connectivity index (χ4n) is 2.51. The number of amides is 1. The SMILES string of the molecule is Cc1nn(Cc2ccccc2)c(Cl)c1/C=C/C(=O)Nc1ccccc1F. The van der Waals surface area contributed by atoms with Gasteiger partial charge < -0.3 is 5.32 Å². The number of halogens is 2. The minimum Gasteiger partial charge on any atom is -0.320 e. The standard InChI is InChI=1S/C20H17ClFN3O/c1-14-16(11-12-19(26)23-18-10-6-5-9-17(18)22)20(21)25(24-14)13-15-7-3-2-4-8-15/h2-12H,13H2,1H3,(H,23,26)/b12-11+. The Morgan fingerprint density at radius 2 is 1.88 bits per heavy atom. The van der Waals surface area contributed by atoms with Crippen LogP contribution in [-0.2, 0) is 11.3 Å². The number of aromatic nitrogens is 2. The van der Waals surface area contributed by atoms with Gasteiger partial charge in [0.15, 0.2) is 0 Å². The highest BCUT2D eigenvalue weighted by atomic mass is 35.5. The Bertz CT molecular complexity index is 951. The zero-order chi connectivity index (χ0) is 18.5. The predicted octanol–water partition coefficient (Wildman–Crippen LogP) is 4.68. The van der Waals surface area contributed by atoms with Crippen LogP contribution in [0.2, 0.25) is 5.15 Å². The molecule has 0 radical (unpaired) electrons. The van der Waals surface area contributed by atoms with Crippen molar-refractivity contribution in [1.82, 2.24) is 9.78 Å². The van der Waals surface area contributed by atoms with Crippen molar-refractivity contribution in [2.75, 3.05) is 5.32 Å². The van der Waals surface area contributed by atoms with Gasteiger partial charge in [0.25, 0.3) is 0 Å². The van der Waals surface area contributed by atoms with Crippen LogP contribution >= 0.6 is 11.6 Å². The van der Waals surface area contributed by atoms with Crippen molar-refractivity contribution in [3.8, 4) is 0 Å². The van der Waals surface area contributed by atoms with Crippen molar-refractivity contribution < 1.29 is 9.18 Å². The summed E-state index contributed by atoms with van der Waals surface area (Å²) >= 11 is 6.41. The number of nitrogens with one attached hydrogen (secondary N) is 1. The molecule has 26 heavy (non-hydrogen) atoms. The molecule has 0 saturated carbocycles. The predicted molar refractivity (Wildman–Crippen MR) is 102 cm³/mol. The summed E-state index contributed by atoms with van der Waals surface area (Å²) in [4.78, 5) is 12.0. The number of benzene rings is 2. The molecule has 2 aromatic carbocycles. The van der Waals surface area contributed by atoms with Gasteiger partial charge in [-0.05, 0) is 30.7 Å². The minimum absolute atomic E-state index is 0.129. The lowest BCUT2D eigenvalue weighted by atomic mass is 10.2. The molecule has 0 bridgehead atoms. The molecule has 0 saturated heterocycles. The van der Waals surface area contributed by atoms with Crippen molar-refractivity contribution in [3.05, 3.63) is 88.5 Å². The van der Waals surface area contributed by atoms with Gasteiger partial charge in [-0.1, -0.05) is 54.1 Å². The summed E-state index contributed by atoms with van der Waals surface area (Å²) in [5.41, 5.74) is 2.57. The lowest BCUT2D eigenvalue weighted by Crippen LogP contribution is -2.09. The molecule has 0 unspecified atom stereocenters. The maximum absolute atomic E-state index is 13.6. The molecule has 0 aliphatic carbocycles. The molecule has 1 heterocycles. The van der Waals surface area contributed by atoms with Crippen LogP contribution in [-0.4, -0.2) is 15.7 Å². The van der Waals surface area contributed by atoms with Gasteiger partial charge in [0.2, 0.25) is 5.91 Å². The number of anilines is 1. The summed E-state index contributed by atoms with van der Waals surface area (Å²) in [6, 6.07) is 15.8. The van der Waals surface area contributed by atoms with Crippen LogP contribution in [0.15, 0.2) is 60.7 Å². The molecule has 0 fully saturated rings. The van der Waals surface area contributed by atoms with Crippen LogP contribution in [0.4, 0.5) is 10.1 Å². The Kier molecular flexibility index (Phi) is 5.49. The Hall–Kier alpha value is -2.92. The molecule has 0 aliphatic rings. The molecule has 132 valence electrons. The highest BCUT2D eigenvalue weighted by Crippen LogP contribution is 2.22. The zero-order valence-corrected chi connectivity index (χ0v) is 14.9. The lowest BCUT2D eigenvalue weighted by molar-refractivity contribution is -0.111. The largest absolute Gasteiger partial charge is 0.320 e. The van der Waals surface area contributed by atoms with E-state index in [0.29, 0.717) is 23.0 Å². The smallest absolute Gasteiger partial charge is 0.248 e. The van der Waals surface area contributed by atoms with Crippen molar-refractivity contribution in [3.63, 3.8) is 0 Å². The first-order valence-electron chi connectivity index (χ1n) is 8.05. The number of para-hydroxylation sites is 1. The Morgan fingerprint density at radius 3 is 2.62 bits per heavy atom. The molecule has 1 aromatic heterocycles. The molecular weight excluding hydrogens is 353 g/mol. The molecule has 0 spiro atoms. The number of nitrogens with zero attached hydrogens (tertiary/aromatic N) is 2. The van der Waals surface area contributed by atoms with E-state index in [2.05, 4.69) is 10.4 Å². The third-order valence-electron chi connectivity index (χ3n) is 3.82. The molecule has 1 N–H and O–H groups in total. The van der Waals surface area contributed by atoms with E-state index in [1.165, 1.54) is 18.2 Å². The Balaban J connectivity index is 1.74. The normalized spacial score (nSPS) is 11.0. The van der Waals surface area contributed by atoms with E-state index in [1.54, 1.807) is 22.9 Å². The summed E-state index contributed by atoms with van der Waals surface area (Å²) in [6.45, 7) is 2.36. The van der Waals surface area contributed by atoms with Crippen LogP contribution < -0.4 is 5.32 Å². The van der Waals surface area contributed by atoms with E-state index in [0.717, 1.165) is 5.56 Å². The third-order valence-corrected chi connectivity index (χ3v) is 4.22. The average molecular weight is 370 g/mol. The van der Waals surface area contributed by atoms with E-state index >= 15 is 0 Å². The molecule has 3 rings (SSSR count). The van der Waals surface area contributed by atoms with Crippen LogP contribution in [0.1, 0.15) is 16.8 Å². The van der Waals surface area contributed by atoms with Crippen LogP contribution in [0, 0.1) is 12.7 Å². The topological polar surface area (TPSA) is 46.9 Å². The van der Waals surface area contributed by atoms with E-state index < -0.39 is 11.7 Å². The van der Waals surface area contributed by atoms with Gasteiger partial charge in [0, 0.05) is 11.6 Å². The quantitative estimate of drug-likeness (QED) is 0.663. The fourth-order valence-corrected chi connectivity index (χ4v) is 2.81. The second-order valence-electron chi connectivity index (χ2n) is 5.74. The van der Waals surface area contributed by atoms with Crippen molar-refractivity contribution in [1.29, 1.82) is 0 Å². The summed E-state index contributed by atoms with van der Waals surface area (Å²) < 4.78 is 15.3. The summed E-state index contributed by atoms with van der Waals surface area (Å²) in [5, 5.41) is 7.36. The molecular formula is C20H17ClFN3O. The van der Waals surface area contributed by atoms with Gasteiger partial charge in [-0.3, -0.25) is 4.79 Å². The van der Waals surface area contributed by atoms with E-state index in [4.69, 9.17) is 11.6 Å². The highest BCUT2D eigenvalue weighted by Gasteiger charge is 2.12. The van der Waals surface area contributed by atoms with Gasteiger partial charge in [-0.2, -0.15) is 5.10 Å². The van der Waals surface area contributed by atoms with Crippen LogP contribution in [0.25, 0.3) is 6.08 Å². The number of aryl methyl sites for hydroxylation is 1. The molecule has 1 amide bonds. The summed E-state index contributed by atoms with van der Waals surface area (Å²) in [6.07, 6.45) is 2.90. The summed E-state index contributed by atoms with van der Waals surface area (Å²) in [5.74, 6) is -0.930. The summed E-state index contributed by atoms with van der Waals surface area (Å²) in [7, 11) is 0. The first kappa shape index (κ1) is 17.9. The third kappa shape index (κ3) is 4.18. The van der Waals surface area contributed by atoms with E-state index in [-0.39, 0.29) is 5.69 Å². The van der Waals surface area contributed by atoms with Crippen molar-refractivity contribution in [2.45, 2.75) is 13.5 Å². The zero-order valence-electron chi connectivity index (χ0n) is 14.1. The molecule has 4 nitrogen and oxygen atoms in total. The van der Waals surface area contributed by atoms with Crippen molar-refractivity contribution >= 4 is 29.3 Å². The molecule has 0 aliphatic heterocycles. The Morgan fingerprint density at radius 1 is 1.19 bits per heavy atom. The second-order valence-corrected chi connectivity index (χ2v) is 6.09. The number of hydrogen-bond donors (Lipinski definition) is 1. The maximum Gasteiger partial charge on any atom is 0.248 e. The first-order chi connectivity index (χ1) is 12.5. The van der Waals surface area contributed by atoms with Gasteiger partial charge in [-0.15, -0.1) is 0 Å². The maximum atomic E-state index is 13.6. The van der Waals surface area contributed by atoms with Crippen LogP contribution in [0.3, 0.4) is 0 Å². The number of carbonyl (C=O) groups is 1. The number of carbonyl (C=O) groups excluding carboxylic acids is 1. The lowest BCUT2D eigenvalue weighted by Gasteiger charge is -2.03. The average Bonchev–Trinajstić information content (AvgIpc) is 2.89. The first-order valence-corrected chi connectivity index (χ1v) is 8.43. The van der Waals surface area contributed by atoms with Gasteiger partial charge in [0.05, 0.1) is 17.9 Å². The Labute approximate surface area is 155 Å². The molecule has 3 aromatic rings. The van der Waals surface area contributed by atoms with Gasteiger partial charge in [-0.25, -0.2) is 9.07 Å². The van der Waals surface area contributed by atoms with E-state index in [9.17, 15) is 9.18 Å². The molecule has 0 atom stereocenters. The number of hydrogen-bond acceptors (Lipinski definition) is 2. The molecule has 6 heteroatoms. The van der Waals surface area contributed by atoms with Gasteiger partial charge in [0.1, 0.15) is 11.0 Å². The van der Waals surface area contributed by atoms with Crippen LogP contribution in [0.5, 0.6) is 0 Å². The number of rotatable bonds is 5.